The van der Waals surface area contributed by atoms with Crippen molar-refractivity contribution in [2.24, 2.45) is 0 Å². The van der Waals surface area contributed by atoms with Gasteiger partial charge in [-0.25, -0.2) is 4.98 Å². The minimum Gasteiger partial charge on any atom is -0.342 e. The van der Waals surface area contributed by atoms with Crippen molar-refractivity contribution in [2.45, 2.75) is 39.2 Å². The fourth-order valence-corrected chi connectivity index (χ4v) is 4.63. The molecule has 0 unspecified atom stereocenters. The van der Waals surface area contributed by atoms with Crippen LogP contribution in [0.25, 0.3) is 0 Å². The zero-order valence-corrected chi connectivity index (χ0v) is 18.4. The summed E-state index contributed by atoms with van der Waals surface area (Å²) in [5.74, 6) is -0.201. The maximum Gasteiger partial charge on any atom is 0.261 e. The van der Waals surface area contributed by atoms with Crippen molar-refractivity contribution < 1.29 is 9.59 Å². The van der Waals surface area contributed by atoms with E-state index in [1.165, 1.54) is 11.3 Å². The molecule has 0 radical (unpaired) electrons. The van der Waals surface area contributed by atoms with Crippen LogP contribution in [0.15, 0.2) is 22.9 Å². The van der Waals surface area contributed by atoms with Crippen LogP contribution in [0.4, 0.5) is 0 Å². The molecule has 1 fully saturated rings. The Labute approximate surface area is 174 Å². The van der Waals surface area contributed by atoms with E-state index in [0.29, 0.717) is 11.4 Å². The molecule has 0 spiro atoms. The van der Waals surface area contributed by atoms with Gasteiger partial charge in [0, 0.05) is 43.5 Å². The highest BCUT2D eigenvalue weighted by molar-refractivity contribution is 7.12. The fraction of sp³-hybridized carbons (Fsp3) is 0.550. The molecule has 0 bridgehead atoms. The second-order valence-corrected chi connectivity index (χ2v) is 9.87. The predicted molar refractivity (Wildman–Crippen MR) is 114 cm³/mol. The van der Waals surface area contributed by atoms with Crippen molar-refractivity contribution in [3.63, 3.8) is 0 Å². The Morgan fingerprint density at radius 2 is 2.00 bits per heavy atom. The molecular formula is C20H28N4O2S2. The van der Waals surface area contributed by atoms with E-state index in [-0.39, 0.29) is 23.8 Å². The van der Waals surface area contributed by atoms with Crippen LogP contribution >= 0.6 is 22.7 Å². The van der Waals surface area contributed by atoms with Crippen molar-refractivity contribution in [2.75, 3.05) is 32.7 Å². The number of hydrogen-bond acceptors (Lipinski definition) is 6. The Kier molecular flexibility index (Phi) is 6.85. The Morgan fingerprint density at radius 3 is 2.68 bits per heavy atom. The Balaban J connectivity index is 1.47. The smallest absolute Gasteiger partial charge is 0.261 e. The maximum atomic E-state index is 12.5. The second-order valence-electron chi connectivity index (χ2n) is 8.06. The first-order chi connectivity index (χ1) is 13.3. The number of amides is 2. The van der Waals surface area contributed by atoms with Gasteiger partial charge in [-0.3, -0.25) is 14.5 Å². The maximum absolute atomic E-state index is 12.5. The highest BCUT2D eigenvalue weighted by atomic mass is 32.1. The summed E-state index contributed by atoms with van der Waals surface area (Å²) in [6.45, 7) is 10.6. The van der Waals surface area contributed by atoms with E-state index in [0.717, 1.165) is 43.3 Å². The summed E-state index contributed by atoms with van der Waals surface area (Å²) in [6.07, 6.45) is 0.931. The monoisotopic (exact) mass is 420 g/mol. The number of nitrogens with zero attached hydrogens (tertiary/aromatic N) is 3. The van der Waals surface area contributed by atoms with E-state index in [2.05, 4.69) is 36.4 Å². The Morgan fingerprint density at radius 1 is 1.18 bits per heavy atom. The van der Waals surface area contributed by atoms with Crippen LogP contribution in [0.3, 0.4) is 0 Å². The minimum atomic E-state index is -0.182. The van der Waals surface area contributed by atoms with Gasteiger partial charge in [0.15, 0.2) is 0 Å². The fourth-order valence-electron chi connectivity index (χ4n) is 3.09. The van der Waals surface area contributed by atoms with Gasteiger partial charge in [-0.2, -0.15) is 0 Å². The van der Waals surface area contributed by atoms with E-state index in [1.807, 2.05) is 16.3 Å². The first-order valence-electron chi connectivity index (χ1n) is 9.59. The molecule has 0 atom stereocenters. The number of thiazole rings is 1. The summed E-state index contributed by atoms with van der Waals surface area (Å²) in [4.78, 5) is 34.1. The molecule has 1 saturated heterocycles. The van der Waals surface area contributed by atoms with Crippen LogP contribution in [0.2, 0.25) is 0 Å². The lowest BCUT2D eigenvalue weighted by molar-refractivity contribution is -0.130. The van der Waals surface area contributed by atoms with Crippen molar-refractivity contribution >= 4 is 34.5 Å². The highest BCUT2D eigenvalue weighted by Crippen LogP contribution is 2.26. The first kappa shape index (κ1) is 21.0. The van der Waals surface area contributed by atoms with Gasteiger partial charge >= 0.3 is 0 Å². The van der Waals surface area contributed by atoms with Gasteiger partial charge in [0.25, 0.3) is 5.91 Å². The summed E-state index contributed by atoms with van der Waals surface area (Å²) >= 11 is 3.10. The lowest BCUT2D eigenvalue weighted by Gasteiger charge is -2.21. The van der Waals surface area contributed by atoms with Gasteiger partial charge in [-0.15, -0.1) is 22.7 Å². The third kappa shape index (κ3) is 5.62. The normalized spacial score (nSPS) is 16.0. The van der Waals surface area contributed by atoms with Gasteiger partial charge in [-0.1, -0.05) is 26.8 Å². The van der Waals surface area contributed by atoms with E-state index >= 15 is 0 Å². The van der Waals surface area contributed by atoms with Crippen molar-refractivity contribution in [3.05, 3.63) is 38.5 Å². The number of carbonyl (C=O) groups is 2. The van der Waals surface area contributed by atoms with Crippen LogP contribution in [-0.2, 0) is 16.8 Å². The largest absolute Gasteiger partial charge is 0.342 e. The number of aromatic nitrogens is 1. The minimum absolute atomic E-state index is 0.0181. The van der Waals surface area contributed by atoms with Gasteiger partial charge < -0.3 is 10.2 Å². The summed E-state index contributed by atoms with van der Waals surface area (Å²) in [7, 11) is 0. The lowest BCUT2D eigenvalue weighted by atomic mass is 9.98. The molecule has 0 saturated carbocycles. The summed E-state index contributed by atoms with van der Waals surface area (Å²) in [5, 5.41) is 7.89. The summed E-state index contributed by atoms with van der Waals surface area (Å²) < 4.78 is 0. The van der Waals surface area contributed by atoms with E-state index < -0.39 is 0 Å². The number of rotatable bonds is 5. The Bertz CT molecular complexity index is 795. The van der Waals surface area contributed by atoms with Gasteiger partial charge in [0.1, 0.15) is 0 Å². The van der Waals surface area contributed by atoms with Crippen LogP contribution in [0, 0.1) is 0 Å². The van der Waals surface area contributed by atoms with Crippen LogP contribution < -0.4 is 5.32 Å². The average Bonchev–Trinajstić information content (AvgIpc) is 3.28. The molecule has 0 aromatic carbocycles. The molecule has 1 N–H and O–H groups in total. The van der Waals surface area contributed by atoms with Crippen molar-refractivity contribution in [1.82, 2.24) is 20.1 Å². The molecule has 1 aliphatic rings. The summed E-state index contributed by atoms with van der Waals surface area (Å²) in [5.41, 5.74) is 1.19. The zero-order chi connectivity index (χ0) is 20.1. The molecule has 8 heteroatoms. The van der Waals surface area contributed by atoms with Crippen molar-refractivity contribution in [1.29, 1.82) is 0 Å². The standard InChI is InChI=1S/C20H28N4O2S2/c1-20(2,3)19-22-15(14-28-19)13-23-7-5-8-24(10-9-23)17(25)12-21-18(26)16-6-4-11-27-16/h4,6,11,14H,5,7-10,12-13H2,1-3H3,(H,21,26). The molecule has 2 aromatic heterocycles. The molecule has 1 aliphatic heterocycles. The van der Waals surface area contributed by atoms with Crippen molar-refractivity contribution in [3.8, 4) is 0 Å². The third-order valence-corrected chi connectivity index (χ3v) is 6.85. The molecule has 6 nitrogen and oxygen atoms in total. The summed E-state index contributed by atoms with van der Waals surface area (Å²) in [6, 6.07) is 3.59. The molecule has 2 aromatic rings. The molecule has 2 amide bonds. The van der Waals surface area contributed by atoms with Gasteiger partial charge in [0.2, 0.25) is 5.91 Å². The molecule has 152 valence electrons. The van der Waals surface area contributed by atoms with E-state index in [9.17, 15) is 9.59 Å². The molecule has 28 heavy (non-hydrogen) atoms. The second kappa shape index (κ2) is 9.15. The molecular weight excluding hydrogens is 392 g/mol. The van der Waals surface area contributed by atoms with Gasteiger partial charge in [0.05, 0.1) is 22.1 Å². The third-order valence-electron chi connectivity index (χ3n) is 4.67. The number of thiophene rings is 1. The van der Waals surface area contributed by atoms with Crippen LogP contribution in [0.5, 0.6) is 0 Å². The highest BCUT2D eigenvalue weighted by Gasteiger charge is 2.22. The van der Waals surface area contributed by atoms with Crippen LogP contribution in [0.1, 0.15) is 47.6 Å². The molecule has 0 aliphatic carbocycles. The molecule has 3 rings (SSSR count). The zero-order valence-electron chi connectivity index (χ0n) is 16.7. The average molecular weight is 421 g/mol. The number of nitrogens with one attached hydrogen (secondary N) is 1. The lowest BCUT2D eigenvalue weighted by Crippen LogP contribution is -2.41. The number of hydrogen-bond donors (Lipinski definition) is 1. The molecule has 3 heterocycles. The predicted octanol–water partition coefficient (Wildman–Crippen LogP) is 2.97. The Hall–Kier alpha value is -1.77. The topological polar surface area (TPSA) is 65.5 Å². The van der Waals surface area contributed by atoms with E-state index in [1.54, 1.807) is 17.4 Å². The van der Waals surface area contributed by atoms with Crippen LogP contribution in [-0.4, -0.2) is 59.3 Å². The SMILES string of the molecule is CC(C)(C)c1nc(CN2CCCN(C(=O)CNC(=O)c3cccs3)CC2)cs1. The quantitative estimate of drug-likeness (QED) is 0.808. The number of carbonyl (C=O) groups excluding carboxylic acids is 2. The van der Waals surface area contributed by atoms with E-state index in [4.69, 9.17) is 4.98 Å². The first-order valence-corrected chi connectivity index (χ1v) is 11.4. The van der Waals surface area contributed by atoms with Gasteiger partial charge in [-0.05, 0) is 17.9 Å².